The maximum atomic E-state index is 8.96. The van der Waals surface area contributed by atoms with E-state index in [4.69, 9.17) is 21.3 Å². The van der Waals surface area contributed by atoms with Crippen molar-refractivity contribution in [3.8, 4) is 28.8 Å². The number of halogens is 1. The lowest BCUT2D eigenvalue weighted by molar-refractivity contribution is 0.572. The molecule has 2 heterocycles. The summed E-state index contributed by atoms with van der Waals surface area (Å²) in [7, 11) is 0. The molecule has 7 heteroatoms. The number of nitrogens with zero attached hydrogens (tertiary/aromatic N) is 4. The van der Waals surface area contributed by atoms with Crippen molar-refractivity contribution in [3.63, 3.8) is 0 Å². The third kappa shape index (κ3) is 1.96. The summed E-state index contributed by atoms with van der Waals surface area (Å²) in [6.07, 6.45) is 1.29. The molecule has 92 valence electrons. The van der Waals surface area contributed by atoms with Gasteiger partial charge in [-0.1, -0.05) is 23.7 Å². The highest BCUT2D eigenvalue weighted by Gasteiger charge is 2.19. The summed E-state index contributed by atoms with van der Waals surface area (Å²) in [5, 5.41) is 19.6. The fraction of sp³-hybridized carbons (Fsp3) is 0. The Morgan fingerprint density at radius 1 is 1.26 bits per heavy atom. The predicted molar refractivity (Wildman–Crippen MR) is 67.0 cm³/mol. The molecule has 0 aliphatic heterocycles. The van der Waals surface area contributed by atoms with E-state index >= 15 is 0 Å². The smallest absolute Gasteiger partial charge is 0.192 e. The minimum atomic E-state index is 0.164. The molecular formula is C12H6ClN5O. The van der Waals surface area contributed by atoms with Crippen LogP contribution in [0.1, 0.15) is 5.69 Å². The van der Waals surface area contributed by atoms with Gasteiger partial charge < -0.3 is 4.42 Å². The zero-order valence-corrected chi connectivity index (χ0v) is 10.2. The summed E-state index contributed by atoms with van der Waals surface area (Å²) in [5.74, 6) is 0.493. The summed E-state index contributed by atoms with van der Waals surface area (Å²) in [6, 6.07) is 9.09. The van der Waals surface area contributed by atoms with Crippen molar-refractivity contribution >= 4 is 11.6 Å². The van der Waals surface area contributed by atoms with E-state index in [-0.39, 0.29) is 5.69 Å². The third-order valence-electron chi connectivity index (χ3n) is 2.53. The molecule has 0 unspecified atom stereocenters. The Balaban J connectivity index is 2.17. The van der Waals surface area contributed by atoms with Crippen molar-refractivity contribution in [1.82, 2.24) is 20.4 Å². The van der Waals surface area contributed by atoms with Crippen molar-refractivity contribution < 1.29 is 4.42 Å². The van der Waals surface area contributed by atoms with Crippen molar-refractivity contribution in [2.75, 3.05) is 0 Å². The molecule has 6 nitrogen and oxygen atoms in total. The Hall–Kier alpha value is -2.65. The highest BCUT2D eigenvalue weighted by molar-refractivity contribution is 6.30. The van der Waals surface area contributed by atoms with Crippen LogP contribution in [-0.2, 0) is 0 Å². The number of nitrogens with one attached hydrogen (secondary N) is 1. The van der Waals surface area contributed by atoms with Gasteiger partial charge in [0.1, 0.15) is 11.8 Å². The lowest BCUT2D eigenvalue weighted by atomic mass is 10.1. The highest BCUT2D eigenvalue weighted by atomic mass is 35.5. The number of hydrogen-bond donors (Lipinski definition) is 1. The van der Waals surface area contributed by atoms with Crippen molar-refractivity contribution in [3.05, 3.63) is 41.4 Å². The standard InChI is InChI=1S/C12H6ClN5O/c13-8-3-1-2-7(4-8)12-11(15-6-19-12)10-9(5-14)16-18-17-10/h1-4,6H,(H,16,17,18). The molecule has 19 heavy (non-hydrogen) atoms. The molecule has 2 aromatic heterocycles. The minimum absolute atomic E-state index is 0.164. The minimum Gasteiger partial charge on any atom is -0.443 e. The lowest BCUT2D eigenvalue weighted by Crippen LogP contribution is -1.86. The van der Waals surface area contributed by atoms with Gasteiger partial charge in [-0.05, 0) is 12.1 Å². The first kappa shape index (κ1) is 11.4. The van der Waals surface area contributed by atoms with Crippen molar-refractivity contribution in [2.45, 2.75) is 0 Å². The Kier molecular flexibility index (Phi) is 2.74. The number of benzene rings is 1. The van der Waals surface area contributed by atoms with Crippen LogP contribution in [0.25, 0.3) is 22.7 Å². The van der Waals surface area contributed by atoms with Gasteiger partial charge in [-0.25, -0.2) is 4.98 Å². The topological polar surface area (TPSA) is 91.4 Å². The van der Waals surface area contributed by atoms with Crippen LogP contribution in [0.5, 0.6) is 0 Å². The molecule has 0 aliphatic carbocycles. The number of nitriles is 1. The first-order valence-corrected chi connectivity index (χ1v) is 5.68. The van der Waals surface area contributed by atoms with E-state index in [0.717, 1.165) is 5.56 Å². The van der Waals surface area contributed by atoms with Crippen LogP contribution < -0.4 is 0 Å². The largest absolute Gasteiger partial charge is 0.443 e. The van der Waals surface area contributed by atoms with E-state index in [2.05, 4.69) is 20.4 Å². The summed E-state index contributed by atoms with van der Waals surface area (Å²) < 4.78 is 5.37. The second kappa shape index (κ2) is 4.55. The molecule has 0 aliphatic rings. The average molecular weight is 272 g/mol. The second-order valence-corrected chi connectivity index (χ2v) is 4.11. The molecular weight excluding hydrogens is 266 g/mol. The number of aromatic amines is 1. The molecule has 0 fully saturated rings. The van der Waals surface area contributed by atoms with Crippen LogP contribution in [-0.4, -0.2) is 20.4 Å². The van der Waals surface area contributed by atoms with Gasteiger partial charge in [0.2, 0.25) is 0 Å². The molecule has 0 saturated carbocycles. The maximum absolute atomic E-state index is 8.96. The lowest BCUT2D eigenvalue weighted by Gasteiger charge is -1.99. The Labute approximate surface area is 112 Å². The van der Waals surface area contributed by atoms with Crippen LogP contribution in [0.4, 0.5) is 0 Å². The fourth-order valence-electron chi connectivity index (χ4n) is 1.72. The monoisotopic (exact) mass is 271 g/mol. The van der Waals surface area contributed by atoms with Gasteiger partial charge in [0.05, 0.1) is 0 Å². The second-order valence-electron chi connectivity index (χ2n) is 3.67. The summed E-state index contributed by atoms with van der Waals surface area (Å²) >= 11 is 5.95. The Morgan fingerprint density at radius 2 is 2.16 bits per heavy atom. The van der Waals surface area contributed by atoms with Crippen molar-refractivity contribution in [1.29, 1.82) is 5.26 Å². The fourth-order valence-corrected chi connectivity index (χ4v) is 1.91. The summed E-state index contributed by atoms with van der Waals surface area (Å²) in [5.41, 5.74) is 1.72. The highest BCUT2D eigenvalue weighted by Crippen LogP contribution is 2.31. The molecule has 1 N–H and O–H groups in total. The Morgan fingerprint density at radius 3 is 2.95 bits per heavy atom. The average Bonchev–Trinajstić information content (AvgIpc) is 3.06. The van der Waals surface area contributed by atoms with Gasteiger partial charge in [0.25, 0.3) is 0 Å². The summed E-state index contributed by atoms with van der Waals surface area (Å²) in [4.78, 5) is 4.09. The number of rotatable bonds is 2. The van der Waals surface area contributed by atoms with E-state index in [9.17, 15) is 0 Å². The van der Waals surface area contributed by atoms with E-state index in [1.54, 1.807) is 18.2 Å². The number of aromatic nitrogens is 4. The normalized spacial score (nSPS) is 10.3. The predicted octanol–water partition coefficient (Wildman–Crippen LogP) is 2.65. The van der Waals surface area contributed by atoms with Crippen LogP contribution in [0.3, 0.4) is 0 Å². The van der Waals surface area contributed by atoms with Crippen LogP contribution >= 0.6 is 11.6 Å². The van der Waals surface area contributed by atoms with Gasteiger partial charge in [-0.2, -0.15) is 15.6 Å². The van der Waals surface area contributed by atoms with E-state index in [1.807, 2.05) is 12.1 Å². The molecule has 1 aromatic carbocycles. The zero-order chi connectivity index (χ0) is 13.2. The molecule has 0 atom stereocenters. The van der Waals surface area contributed by atoms with E-state index in [0.29, 0.717) is 22.2 Å². The first-order chi connectivity index (χ1) is 9.29. The van der Waals surface area contributed by atoms with Gasteiger partial charge in [-0.15, -0.1) is 5.10 Å². The number of H-pyrrole nitrogens is 1. The molecule has 0 radical (unpaired) electrons. The van der Waals surface area contributed by atoms with Gasteiger partial charge in [0.15, 0.2) is 23.5 Å². The quantitative estimate of drug-likeness (QED) is 0.773. The van der Waals surface area contributed by atoms with Gasteiger partial charge in [0, 0.05) is 10.6 Å². The molecule has 3 aromatic rings. The van der Waals surface area contributed by atoms with Crippen molar-refractivity contribution in [2.24, 2.45) is 0 Å². The maximum Gasteiger partial charge on any atom is 0.192 e. The SMILES string of the molecule is N#Cc1n[nH]nc1-c1ncoc1-c1cccc(Cl)c1. The Bertz CT molecular complexity index is 770. The van der Waals surface area contributed by atoms with Crippen LogP contribution in [0.15, 0.2) is 35.1 Å². The molecule has 3 rings (SSSR count). The molecule has 0 amide bonds. The zero-order valence-electron chi connectivity index (χ0n) is 9.46. The van der Waals surface area contributed by atoms with E-state index in [1.165, 1.54) is 6.39 Å². The molecule has 0 spiro atoms. The summed E-state index contributed by atoms with van der Waals surface area (Å²) in [6.45, 7) is 0. The first-order valence-electron chi connectivity index (χ1n) is 5.30. The molecule has 0 saturated heterocycles. The number of oxazole rings is 1. The van der Waals surface area contributed by atoms with E-state index < -0.39 is 0 Å². The third-order valence-corrected chi connectivity index (χ3v) is 2.77. The van der Waals surface area contributed by atoms with Crippen LogP contribution in [0, 0.1) is 11.3 Å². The molecule has 0 bridgehead atoms. The van der Waals surface area contributed by atoms with Gasteiger partial charge >= 0.3 is 0 Å². The number of hydrogen-bond acceptors (Lipinski definition) is 5. The van der Waals surface area contributed by atoms with Gasteiger partial charge in [-0.3, -0.25) is 0 Å². The van der Waals surface area contributed by atoms with Crippen LogP contribution in [0.2, 0.25) is 5.02 Å².